The van der Waals surface area contributed by atoms with Crippen molar-refractivity contribution in [3.05, 3.63) is 0 Å². The highest BCUT2D eigenvalue weighted by Crippen LogP contribution is 2.15. The van der Waals surface area contributed by atoms with Crippen LogP contribution >= 0.6 is 0 Å². The highest BCUT2D eigenvalue weighted by Gasteiger charge is 2.26. The second kappa shape index (κ2) is 6.02. The first-order chi connectivity index (χ1) is 6.75. The Morgan fingerprint density at radius 1 is 1.57 bits per heavy atom. The van der Waals surface area contributed by atoms with Crippen LogP contribution in [0.5, 0.6) is 0 Å². The average molecular weight is 198 g/mol. The second-order valence-electron chi connectivity index (χ2n) is 4.20. The van der Waals surface area contributed by atoms with Crippen LogP contribution in [0.2, 0.25) is 0 Å². The summed E-state index contributed by atoms with van der Waals surface area (Å²) in [5, 5.41) is 6.27. The molecule has 3 heteroatoms. The monoisotopic (exact) mass is 198 g/mol. The van der Waals surface area contributed by atoms with Gasteiger partial charge in [-0.2, -0.15) is 0 Å². The van der Waals surface area contributed by atoms with Crippen LogP contribution in [0.4, 0.5) is 0 Å². The maximum atomic E-state index is 11.7. The van der Waals surface area contributed by atoms with E-state index in [2.05, 4.69) is 24.5 Å². The van der Waals surface area contributed by atoms with Gasteiger partial charge in [0.2, 0.25) is 5.91 Å². The Labute approximate surface area is 86.6 Å². The standard InChI is InChI=1S/C11H22N2O/c1-3-4-7-13-11(14)10-9(2)6-5-8-12-10/h9-10,12H,3-8H2,1-2H3,(H,13,14). The van der Waals surface area contributed by atoms with E-state index in [1.165, 1.54) is 12.8 Å². The number of nitrogens with one attached hydrogen (secondary N) is 2. The summed E-state index contributed by atoms with van der Waals surface area (Å²) in [6, 6.07) is 0.0422. The quantitative estimate of drug-likeness (QED) is 0.668. The number of hydrogen-bond donors (Lipinski definition) is 2. The topological polar surface area (TPSA) is 41.1 Å². The smallest absolute Gasteiger partial charge is 0.237 e. The summed E-state index contributed by atoms with van der Waals surface area (Å²) < 4.78 is 0. The van der Waals surface area contributed by atoms with E-state index >= 15 is 0 Å². The van der Waals surface area contributed by atoms with Crippen LogP contribution in [-0.4, -0.2) is 25.0 Å². The molecule has 2 atom stereocenters. The van der Waals surface area contributed by atoms with Crippen LogP contribution in [-0.2, 0) is 4.79 Å². The summed E-state index contributed by atoms with van der Waals surface area (Å²) >= 11 is 0. The zero-order valence-electron chi connectivity index (χ0n) is 9.31. The van der Waals surface area contributed by atoms with Crippen LogP contribution < -0.4 is 10.6 Å². The number of rotatable bonds is 4. The molecule has 0 aromatic heterocycles. The number of carbonyl (C=O) groups is 1. The maximum absolute atomic E-state index is 11.7. The summed E-state index contributed by atoms with van der Waals surface area (Å²) in [5.41, 5.74) is 0. The Bertz CT molecular complexity index is 182. The lowest BCUT2D eigenvalue weighted by Crippen LogP contribution is -2.51. The molecule has 0 saturated carbocycles. The molecule has 1 saturated heterocycles. The van der Waals surface area contributed by atoms with Crippen molar-refractivity contribution in [3.63, 3.8) is 0 Å². The van der Waals surface area contributed by atoms with Gasteiger partial charge >= 0.3 is 0 Å². The number of unbranched alkanes of at least 4 members (excludes halogenated alkanes) is 1. The fourth-order valence-electron chi connectivity index (χ4n) is 1.90. The third kappa shape index (κ3) is 3.29. The Hall–Kier alpha value is -0.570. The van der Waals surface area contributed by atoms with Gasteiger partial charge in [0.1, 0.15) is 0 Å². The third-order valence-corrected chi connectivity index (χ3v) is 2.88. The van der Waals surface area contributed by atoms with Gasteiger partial charge in [-0.3, -0.25) is 4.79 Å². The van der Waals surface area contributed by atoms with Crippen molar-refractivity contribution in [1.29, 1.82) is 0 Å². The Balaban J connectivity index is 2.27. The van der Waals surface area contributed by atoms with Crippen molar-refractivity contribution >= 4 is 5.91 Å². The summed E-state index contributed by atoms with van der Waals surface area (Å²) in [6.07, 6.45) is 4.57. The van der Waals surface area contributed by atoms with Crippen molar-refractivity contribution < 1.29 is 4.79 Å². The van der Waals surface area contributed by atoms with E-state index in [1.54, 1.807) is 0 Å². The highest BCUT2D eigenvalue weighted by molar-refractivity contribution is 5.82. The van der Waals surface area contributed by atoms with Crippen molar-refractivity contribution in [3.8, 4) is 0 Å². The van der Waals surface area contributed by atoms with Gasteiger partial charge in [-0.15, -0.1) is 0 Å². The molecule has 0 aromatic rings. The molecule has 2 unspecified atom stereocenters. The average Bonchev–Trinajstić information content (AvgIpc) is 2.18. The zero-order chi connectivity index (χ0) is 10.4. The molecule has 14 heavy (non-hydrogen) atoms. The minimum absolute atomic E-state index is 0.0422. The van der Waals surface area contributed by atoms with Gasteiger partial charge in [0, 0.05) is 6.54 Å². The first-order valence-corrected chi connectivity index (χ1v) is 5.76. The largest absolute Gasteiger partial charge is 0.355 e. The van der Waals surface area contributed by atoms with Gasteiger partial charge in [0.05, 0.1) is 6.04 Å². The van der Waals surface area contributed by atoms with Crippen LogP contribution in [0, 0.1) is 5.92 Å². The van der Waals surface area contributed by atoms with Crippen molar-refractivity contribution in [2.24, 2.45) is 5.92 Å². The van der Waals surface area contributed by atoms with Gasteiger partial charge in [0.15, 0.2) is 0 Å². The summed E-state index contributed by atoms with van der Waals surface area (Å²) in [5.74, 6) is 0.663. The molecule has 1 rings (SSSR count). The minimum atomic E-state index is 0.0422. The van der Waals surface area contributed by atoms with Gasteiger partial charge < -0.3 is 10.6 Å². The molecule has 2 N–H and O–H groups in total. The molecule has 0 spiro atoms. The fourth-order valence-corrected chi connectivity index (χ4v) is 1.90. The minimum Gasteiger partial charge on any atom is -0.355 e. The molecule has 1 fully saturated rings. The van der Waals surface area contributed by atoms with Crippen molar-refractivity contribution in [1.82, 2.24) is 10.6 Å². The van der Waals surface area contributed by atoms with E-state index in [1.807, 2.05) is 0 Å². The number of amides is 1. The molecule has 1 aliphatic heterocycles. The van der Waals surface area contributed by atoms with Gasteiger partial charge in [-0.1, -0.05) is 20.3 Å². The fraction of sp³-hybridized carbons (Fsp3) is 0.909. The van der Waals surface area contributed by atoms with Crippen molar-refractivity contribution in [2.75, 3.05) is 13.1 Å². The number of carbonyl (C=O) groups excluding carboxylic acids is 1. The molecule has 0 bridgehead atoms. The normalized spacial score (nSPS) is 27.3. The van der Waals surface area contributed by atoms with E-state index in [0.29, 0.717) is 5.92 Å². The van der Waals surface area contributed by atoms with E-state index < -0.39 is 0 Å². The van der Waals surface area contributed by atoms with Crippen LogP contribution in [0.1, 0.15) is 39.5 Å². The molecule has 3 nitrogen and oxygen atoms in total. The molecular weight excluding hydrogens is 176 g/mol. The highest BCUT2D eigenvalue weighted by atomic mass is 16.2. The molecule has 0 radical (unpaired) electrons. The van der Waals surface area contributed by atoms with E-state index in [4.69, 9.17) is 0 Å². The molecule has 1 heterocycles. The lowest BCUT2D eigenvalue weighted by Gasteiger charge is -2.28. The van der Waals surface area contributed by atoms with E-state index in [9.17, 15) is 4.79 Å². The molecule has 1 amide bonds. The second-order valence-corrected chi connectivity index (χ2v) is 4.20. The van der Waals surface area contributed by atoms with Gasteiger partial charge in [-0.05, 0) is 31.7 Å². The SMILES string of the molecule is CCCCNC(=O)C1NCCCC1C. The number of hydrogen-bond acceptors (Lipinski definition) is 2. The Morgan fingerprint density at radius 2 is 2.36 bits per heavy atom. The van der Waals surface area contributed by atoms with Crippen LogP contribution in [0.3, 0.4) is 0 Å². The number of piperidine rings is 1. The summed E-state index contributed by atoms with van der Waals surface area (Å²) in [4.78, 5) is 11.7. The van der Waals surface area contributed by atoms with Crippen LogP contribution in [0.25, 0.3) is 0 Å². The first kappa shape index (κ1) is 11.5. The van der Waals surface area contributed by atoms with E-state index in [-0.39, 0.29) is 11.9 Å². The van der Waals surface area contributed by atoms with Crippen molar-refractivity contribution in [2.45, 2.75) is 45.6 Å². The summed E-state index contributed by atoms with van der Waals surface area (Å²) in [6.45, 7) is 6.08. The molecule has 0 aliphatic carbocycles. The lowest BCUT2D eigenvalue weighted by atomic mass is 9.92. The van der Waals surface area contributed by atoms with Gasteiger partial charge in [0.25, 0.3) is 0 Å². The first-order valence-electron chi connectivity index (χ1n) is 5.76. The Kier molecular flexibility index (Phi) is 4.94. The molecule has 1 aliphatic rings. The third-order valence-electron chi connectivity index (χ3n) is 2.88. The predicted molar refractivity (Wildman–Crippen MR) is 58.1 cm³/mol. The zero-order valence-corrected chi connectivity index (χ0v) is 9.31. The molecule has 82 valence electrons. The van der Waals surface area contributed by atoms with Crippen LogP contribution in [0.15, 0.2) is 0 Å². The molecular formula is C11H22N2O. The summed E-state index contributed by atoms with van der Waals surface area (Å²) in [7, 11) is 0. The van der Waals surface area contributed by atoms with Gasteiger partial charge in [-0.25, -0.2) is 0 Å². The lowest BCUT2D eigenvalue weighted by molar-refractivity contribution is -0.124. The maximum Gasteiger partial charge on any atom is 0.237 e. The molecule has 0 aromatic carbocycles. The Morgan fingerprint density at radius 3 is 3.00 bits per heavy atom. The van der Waals surface area contributed by atoms with E-state index in [0.717, 1.165) is 25.9 Å². The predicted octanol–water partition coefficient (Wildman–Crippen LogP) is 1.29.